The van der Waals surface area contributed by atoms with E-state index >= 15 is 4.39 Å². The number of anilines is 1. The Labute approximate surface area is 261 Å². The van der Waals surface area contributed by atoms with E-state index in [1.165, 1.54) is 36.4 Å². The molecule has 3 aromatic carbocycles. The Balaban J connectivity index is 1.46. The summed E-state index contributed by atoms with van der Waals surface area (Å²) in [5.41, 5.74) is -0.242. The van der Waals surface area contributed by atoms with Gasteiger partial charge in [-0.25, -0.2) is 9.07 Å². The van der Waals surface area contributed by atoms with E-state index in [0.29, 0.717) is 23.3 Å². The molecule has 0 bridgehead atoms. The zero-order valence-corrected chi connectivity index (χ0v) is 24.9. The first kappa shape index (κ1) is 31.9. The molecule has 0 radical (unpaired) electrons. The zero-order valence-electron chi connectivity index (χ0n) is 24.1. The Kier molecular flexibility index (Phi) is 9.68. The Morgan fingerprint density at radius 3 is 2.47 bits per heavy atom. The van der Waals surface area contributed by atoms with Crippen molar-refractivity contribution in [2.45, 2.75) is 32.0 Å². The number of carbonyl (C=O) groups is 2. The van der Waals surface area contributed by atoms with E-state index in [4.69, 9.17) is 5.41 Å². The Hall–Kier alpha value is -4.49. The second-order valence-corrected chi connectivity index (χ2v) is 11.7. The Morgan fingerprint density at radius 2 is 1.78 bits per heavy atom. The molecular formula is C32H30F4N6O2S. The molecular weight excluding hydrogens is 608 g/mol. The Morgan fingerprint density at radius 1 is 1.02 bits per heavy atom. The lowest BCUT2D eigenvalue weighted by molar-refractivity contribution is -0.141. The molecule has 1 aliphatic carbocycles. The molecule has 1 fully saturated rings. The van der Waals surface area contributed by atoms with Crippen LogP contribution >= 0.6 is 11.8 Å². The van der Waals surface area contributed by atoms with Gasteiger partial charge in [0.15, 0.2) is 5.69 Å². The number of amidine groups is 1. The van der Waals surface area contributed by atoms with Gasteiger partial charge in [-0.1, -0.05) is 67.2 Å². The van der Waals surface area contributed by atoms with E-state index in [-0.39, 0.29) is 28.8 Å². The van der Waals surface area contributed by atoms with Crippen LogP contribution in [0, 0.1) is 17.1 Å². The average molecular weight is 639 g/mol. The molecule has 13 heteroatoms. The summed E-state index contributed by atoms with van der Waals surface area (Å²) in [5.74, 6) is -1.02. The van der Waals surface area contributed by atoms with Crippen LogP contribution in [0.15, 0.2) is 78.9 Å². The van der Waals surface area contributed by atoms with Crippen LogP contribution in [0.5, 0.6) is 0 Å². The quantitative estimate of drug-likeness (QED) is 0.0837. The molecule has 0 spiro atoms. The fourth-order valence-corrected chi connectivity index (χ4v) is 5.13. The molecule has 4 N–H and O–H groups in total. The summed E-state index contributed by atoms with van der Waals surface area (Å²) < 4.78 is 57.1. The van der Waals surface area contributed by atoms with Gasteiger partial charge in [-0.15, -0.1) is 0 Å². The van der Waals surface area contributed by atoms with E-state index in [2.05, 4.69) is 21.0 Å². The van der Waals surface area contributed by atoms with Crippen molar-refractivity contribution >= 4 is 34.4 Å². The number of hydrogen-bond donors (Lipinski definition) is 4. The lowest BCUT2D eigenvalue weighted by Gasteiger charge is -2.21. The molecule has 1 saturated carbocycles. The third-order valence-corrected chi connectivity index (χ3v) is 7.78. The van der Waals surface area contributed by atoms with Crippen LogP contribution in [0.1, 0.15) is 58.7 Å². The molecule has 1 heterocycles. The number of benzene rings is 3. The van der Waals surface area contributed by atoms with Crippen molar-refractivity contribution in [2.75, 3.05) is 17.6 Å². The Bertz CT molecular complexity index is 1710. The summed E-state index contributed by atoms with van der Waals surface area (Å²) in [4.78, 5) is 25.4. The van der Waals surface area contributed by atoms with Gasteiger partial charge in [0.1, 0.15) is 17.3 Å². The molecule has 1 atom stereocenters. The van der Waals surface area contributed by atoms with Gasteiger partial charge in [0, 0.05) is 11.6 Å². The smallest absolute Gasteiger partial charge is 0.318 e. The lowest BCUT2D eigenvalue weighted by Crippen LogP contribution is -2.27. The van der Waals surface area contributed by atoms with Crippen LogP contribution in [0.2, 0.25) is 0 Å². The molecule has 5 rings (SSSR count). The van der Waals surface area contributed by atoms with Crippen molar-refractivity contribution in [3.05, 3.63) is 113 Å². The number of aromatic nitrogens is 2. The second-order valence-electron chi connectivity index (χ2n) is 10.5. The summed E-state index contributed by atoms with van der Waals surface area (Å²) in [6.07, 6.45) is -2.62. The van der Waals surface area contributed by atoms with Gasteiger partial charge in [-0.05, 0) is 66.4 Å². The summed E-state index contributed by atoms with van der Waals surface area (Å²) >= 11 is 0.956. The van der Waals surface area contributed by atoms with E-state index in [9.17, 15) is 22.8 Å². The van der Waals surface area contributed by atoms with Crippen LogP contribution < -0.4 is 16.0 Å². The van der Waals surface area contributed by atoms with E-state index < -0.39 is 34.5 Å². The van der Waals surface area contributed by atoms with Crippen LogP contribution in [-0.4, -0.2) is 39.1 Å². The van der Waals surface area contributed by atoms with Crippen molar-refractivity contribution in [3.63, 3.8) is 0 Å². The van der Waals surface area contributed by atoms with Crippen LogP contribution in [0.4, 0.5) is 28.0 Å². The number of thioether (sulfide) groups is 1. The van der Waals surface area contributed by atoms with Gasteiger partial charge in [-0.3, -0.25) is 15.0 Å². The number of alkyl halides is 3. The third kappa shape index (κ3) is 7.97. The standard InChI is InChI=1S/C32H30F4N6O2S/c1-2-45-31(44)40-29(37)22-9-6-10-23(15-22)42-26(17-27(41-42)32(34,35)36)30(43)39-25-16-21(13-14-24(25)33)28(38-18-19-11-12-19)20-7-4-3-5-8-20/h3-10,13-17,19,28,38H,2,11-12,18H2,1H3,(H,39,43)(H2,37,40,44). The SMILES string of the molecule is CCSC(=O)NC(=N)c1cccc(-n2nc(C(F)(F)F)cc2C(=O)Nc2cc(C(NCC3CC3)c3ccccc3)ccc2F)c1. The minimum absolute atomic E-state index is 0.0259. The monoisotopic (exact) mass is 638 g/mol. The first-order chi connectivity index (χ1) is 21.5. The van der Waals surface area contributed by atoms with E-state index in [1.54, 1.807) is 13.0 Å². The van der Waals surface area contributed by atoms with Crippen LogP contribution in [-0.2, 0) is 6.18 Å². The first-order valence-corrected chi connectivity index (χ1v) is 15.2. The predicted octanol–water partition coefficient (Wildman–Crippen LogP) is 7.16. The zero-order chi connectivity index (χ0) is 32.1. The van der Waals surface area contributed by atoms with Gasteiger partial charge in [0.25, 0.3) is 11.1 Å². The fraction of sp³-hybridized carbons (Fsp3) is 0.250. The van der Waals surface area contributed by atoms with Gasteiger partial charge in [0.05, 0.1) is 17.4 Å². The van der Waals surface area contributed by atoms with Gasteiger partial charge in [0.2, 0.25) is 0 Å². The first-order valence-electron chi connectivity index (χ1n) is 14.2. The highest BCUT2D eigenvalue weighted by Crippen LogP contribution is 2.32. The third-order valence-electron chi connectivity index (χ3n) is 7.13. The predicted molar refractivity (Wildman–Crippen MR) is 165 cm³/mol. The van der Waals surface area contributed by atoms with Gasteiger partial charge in [-0.2, -0.15) is 18.3 Å². The van der Waals surface area contributed by atoms with Gasteiger partial charge >= 0.3 is 6.18 Å². The molecule has 1 unspecified atom stereocenters. The van der Waals surface area contributed by atoms with Crippen molar-refractivity contribution in [2.24, 2.45) is 5.92 Å². The highest BCUT2D eigenvalue weighted by Gasteiger charge is 2.36. The maximum atomic E-state index is 15.1. The summed E-state index contributed by atoms with van der Waals surface area (Å²) in [7, 11) is 0. The topological polar surface area (TPSA) is 112 Å². The minimum Gasteiger partial charge on any atom is -0.318 e. The van der Waals surface area contributed by atoms with Crippen molar-refractivity contribution < 1.29 is 27.2 Å². The molecule has 0 saturated heterocycles. The molecule has 1 aliphatic rings. The largest absolute Gasteiger partial charge is 0.435 e. The summed E-state index contributed by atoms with van der Waals surface area (Å²) in [6.45, 7) is 2.53. The number of nitrogens with one attached hydrogen (secondary N) is 4. The lowest BCUT2D eigenvalue weighted by atomic mass is 9.97. The minimum atomic E-state index is -4.88. The average Bonchev–Trinajstić information content (AvgIpc) is 3.72. The number of nitrogens with zero attached hydrogens (tertiary/aromatic N) is 2. The molecule has 0 aliphatic heterocycles. The molecule has 1 aromatic heterocycles. The molecule has 45 heavy (non-hydrogen) atoms. The van der Waals surface area contributed by atoms with Crippen LogP contribution in [0.25, 0.3) is 5.69 Å². The van der Waals surface area contributed by atoms with E-state index in [1.807, 2.05) is 30.3 Å². The number of halogens is 4. The highest BCUT2D eigenvalue weighted by atomic mass is 32.2. The number of carbonyl (C=O) groups excluding carboxylic acids is 2. The maximum absolute atomic E-state index is 15.1. The van der Waals surface area contributed by atoms with Gasteiger partial charge < -0.3 is 16.0 Å². The molecule has 4 aromatic rings. The number of hydrogen-bond acceptors (Lipinski definition) is 6. The van der Waals surface area contributed by atoms with E-state index in [0.717, 1.165) is 41.4 Å². The maximum Gasteiger partial charge on any atom is 0.435 e. The normalized spacial score (nSPS) is 13.7. The van der Waals surface area contributed by atoms with Crippen molar-refractivity contribution in [3.8, 4) is 5.69 Å². The second kappa shape index (κ2) is 13.7. The highest BCUT2D eigenvalue weighted by molar-refractivity contribution is 8.13. The summed E-state index contributed by atoms with van der Waals surface area (Å²) in [6, 6.07) is 19.8. The number of rotatable bonds is 10. The van der Waals surface area contributed by atoms with Crippen molar-refractivity contribution in [1.82, 2.24) is 20.4 Å². The number of amides is 2. The summed E-state index contributed by atoms with van der Waals surface area (Å²) in [5, 5.41) is 19.7. The fourth-order valence-electron chi connectivity index (χ4n) is 4.70. The van der Waals surface area contributed by atoms with Crippen molar-refractivity contribution in [1.29, 1.82) is 5.41 Å². The van der Waals surface area contributed by atoms with Crippen LogP contribution in [0.3, 0.4) is 0 Å². The molecule has 234 valence electrons. The molecule has 8 nitrogen and oxygen atoms in total. The molecule has 2 amide bonds.